The largest absolute Gasteiger partial charge is 0.462 e. The summed E-state index contributed by atoms with van der Waals surface area (Å²) >= 11 is 0. The van der Waals surface area contributed by atoms with Crippen molar-refractivity contribution in [2.24, 2.45) is 34.5 Å². The third-order valence-corrected chi connectivity index (χ3v) is 11.0. The predicted molar refractivity (Wildman–Crippen MR) is 181 cm³/mol. The fourth-order valence-corrected chi connectivity index (χ4v) is 8.80. The van der Waals surface area contributed by atoms with Crippen LogP contribution in [0.2, 0.25) is 0 Å². The molecule has 3 aliphatic carbocycles. The monoisotopic (exact) mass is 692 g/mol. The maximum atomic E-state index is 13.4. The molecule has 0 unspecified atom stereocenters. The van der Waals surface area contributed by atoms with Crippen LogP contribution in [0.5, 0.6) is 0 Å². The molecule has 0 aromatic heterocycles. The van der Waals surface area contributed by atoms with Crippen molar-refractivity contribution in [3.8, 4) is 0 Å². The molecule has 11 heteroatoms. The standard InChI is InChI=1S/C38H60O11/c1-11-15-26(40)46-25-20-37(9)24(19-22(7)32(44)34(45-23(8)39)35(37)48-28(42)17-13-3)31-30(21(5)6)33(47-27(41)16-12-2)36(38(25,31)10)49-29(43)18-14-4/h19,21,24-25,30-36,44H,11-18,20H2,1-10H3/t24-,25+,30-,31+,32+,33-,34+,35-,36+,37-,38+/m1/s1. The SMILES string of the molecule is CCCC(=O)O[C@@H]1[C@H](C(C)C)[C@@H]2[C@H]3C=C(C)[C@H](O)[C@H](OC(C)=O)[C@@H](OC(=O)CCC)[C@]3(C)C[C@H](OC(=O)CCC)[C@]2(C)[C@H]1OC(=O)CCC. The summed E-state index contributed by atoms with van der Waals surface area (Å²) in [6, 6.07) is 0. The van der Waals surface area contributed by atoms with Crippen LogP contribution in [0, 0.1) is 34.5 Å². The molecule has 0 spiro atoms. The molecule has 49 heavy (non-hydrogen) atoms. The number of aliphatic hydroxyl groups excluding tert-OH is 1. The van der Waals surface area contributed by atoms with Gasteiger partial charge in [-0.3, -0.25) is 24.0 Å². The highest BCUT2D eigenvalue weighted by Crippen LogP contribution is 2.67. The van der Waals surface area contributed by atoms with E-state index in [-0.39, 0.29) is 38.0 Å². The molecule has 0 heterocycles. The molecule has 2 fully saturated rings. The molecule has 0 amide bonds. The summed E-state index contributed by atoms with van der Waals surface area (Å²) in [5, 5.41) is 11.7. The van der Waals surface area contributed by atoms with E-state index in [2.05, 4.69) is 0 Å². The minimum absolute atomic E-state index is 0.111. The second-order valence-electron chi connectivity index (χ2n) is 15.1. The van der Waals surface area contributed by atoms with Gasteiger partial charge in [0.05, 0.1) is 0 Å². The minimum Gasteiger partial charge on any atom is -0.462 e. The van der Waals surface area contributed by atoms with Gasteiger partial charge in [0.15, 0.2) is 6.10 Å². The van der Waals surface area contributed by atoms with E-state index in [1.165, 1.54) is 6.92 Å². The van der Waals surface area contributed by atoms with Crippen LogP contribution < -0.4 is 0 Å². The number of rotatable bonds is 14. The van der Waals surface area contributed by atoms with E-state index in [1.54, 1.807) is 6.92 Å². The fourth-order valence-electron chi connectivity index (χ4n) is 8.80. The Balaban J connectivity index is 2.41. The van der Waals surface area contributed by atoms with Crippen molar-refractivity contribution in [1.29, 1.82) is 0 Å². The molecule has 0 aromatic carbocycles. The van der Waals surface area contributed by atoms with Crippen molar-refractivity contribution in [3.63, 3.8) is 0 Å². The van der Waals surface area contributed by atoms with Gasteiger partial charge >= 0.3 is 29.8 Å². The Labute approximate surface area is 292 Å². The molecule has 0 aliphatic heterocycles. The van der Waals surface area contributed by atoms with Crippen molar-refractivity contribution in [1.82, 2.24) is 0 Å². The number of fused-ring (bicyclic) bond motifs is 3. The lowest BCUT2D eigenvalue weighted by atomic mass is 9.49. The van der Waals surface area contributed by atoms with E-state index in [9.17, 15) is 29.1 Å². The summed E-state index contributed by atoms with van der Waals surface area (Å²) in [5.41, 5.74) is -1.60. The second kappa shape index (κ2) is 16.8. The lowest BCUT2D eigenvalue weighted by molar-refractivity contribution is -0.226. The van der Waals surface area contributed by atoms with Gasteiger partial charge in [0.2, 0.25) is 0 Å². The number of hydrogen-bond acceptors (Lipinski definition) is 11. The Morgan fingerprint density at radius 3 is 1.69 bits per heavy atom. The summed E-state index contributed by atoms with van der Waals surface area (Å²) in [4.78, 5) is 65.8. The molecule has 11 nitrogen and oxygen atoms in total. The first-order valence-electron chi connectivity index (χ1n) is 18.3. The van der Waals surface area contributed by atoms with Crippen molar-refractivity contribution >= 4 is 29.8 Å². The van der Waals surface area contributed by atoms with Gasteiger partial charge in [-0.25, -0.2) is 0 Å². The van der Waals surface area contributed by atoms with Gasteiger partial charge in [-0.2, -0.15) is 0 Å². The number of carbonyl (C=O) groups excluding carboxylic acids is 5. The molecular formula is C38H60O11. The highest BCUT2D eigenvalue weighted by atomic mass is 16.6. The van der Waals surface area contributed by atoms with Crippen molar-refractivity contribution in [2.45, 2.75) is 164 Å². The van der Waals surface area contributed by atoms with Gasteiger partial charge in [-0.1, -0.05) is 61.5 Å². The first-order chi connectivity index (χ1) is 23.0. The first kappa shape index (κ1) is 40.5. The molecule has 0 bridgehead atoms. The molecule has 278 valence electrons. The number of esters is 5. The third kappa shape index (κ3) is 8.34. The lowest BCUT2D eigenvalue weighted by Gasteiger charge is -2.58. The van der Waals surface area contributed by atoms with E-state index in [1.807, 2.05) is 61.5 Å². The molecule has 0 aromatic rings. The van der Waals surface area contributed by atoms with Crippen LogP contribution in [0.1, 0.15) is 127 Å². The van der Waals surface area contributed by atoms with Crippen LogP contribution in [-0.4, -0.2) is 71.6 Å². The molecule has 2 saturated carbocycles. The minimum atomic E-state index is -1.30. The number of hydrogen-bond donors (Lipinski definition) is 1. The smallest absolute Gasteiger partial charge is 0.306 e. The fraction of sp³-hybridized carbons (Fsp3) is 0.816. The highest BCUT2D eigenvalue weighted by Gasteiger charge is 2.74. The number of ether oxygens (including phenoxy) is 5. The summed E-state index contributed by atoms with van der Waals surface area (Å²) in [5.74, 6) is -3.90. The maximum absolute atomic E-state index is 13.4. The van der Waals surface area contributed by atoms with E-state index in [0.717, 1.165) is 0 Å². The van der Waals surface area contributed by atoms with Crippen LogP contribution in [0.3, 0.4) is 0 Å². The van der Waals surface area contributed by atoms with Crippen molar-refractivity contribution in [3.05, 3.63) is 11.6 Å². The Morgan fingerprint density at radius 1 is 0.755 bits per heavy atom. The maximum Gasteiger partial charge on any atom is 0.306 e. The molecular weight excluding hydrogens is 632 g/mol. The number of aliphatic hydroxyl groups is 1. The highest BCUT2D eigenvalue weighted by molar-refractivity contribution is 5.72. The molecule has 1 N–H and O–H groups in total. The van der Waals surface area contributed by atoms with Gasteiger partial charge < -0.3 is 28.8 Å². The lowest BCUT2D eigenvalue weighted by Crippen LogP contribution is -2.63. The average Bonchev–Trinajstić information content (AvgIpc) is 3.21. The van der Waals surface area contributed by atoms with E-state index in [0.29, 0.717) is 31.3 Å². The van der Waals surface area contributed by atoms with Crippen molar-refractivity contribution in [2.75, 3.05) is 0 Å². The summed E-state index contributed by atoms with van der Waals surface area (Å²) in [6.07, 6.45) is -1.49. The van der Waals surface area contributed by atoms with Crippen LogP contribution in [0.15, 0.2) is 11.6 Å². The van der Waals surface area contributed by atoms with Gasteiger partial charge in [-0.05, 0) is 62.4 Å². The van der Waals surface area contributed by atoms with E-state index in [4.69, 9.17) is 23.7 Å². The number of allylic oxidation sites excluding steroid dienone is 1. The normalized spacial score (nSPS) is 35.3. The van der Waals surface area contributed by atoms with Crippen LogP contribution in [0.4, 0.5) is 0 Å². The summed E-state index contributed by atoms with van der Waals surface area (Å²) in [6.45, 7) is 18.4. The van der Waals surface area contributed by atoms with Crippen LogP contribution in [-0.2, 0) is 47.7 Å². The van der Waals surface area contributed by atoms with Gasteiger partial charge in [0.1, 0.15) is 30.5 Å². The molecule has 0 saturated heterocycles. The third-order valence-electron chi connectivity index (χ3n) is 11.0. The Bertz CT molecular complexity index is 1240. The van der Waals surface area contributed by atoms with E-state index >= 15 is 0 Å². The van der Waals surface area contributed by atoms with Gasteiger partial charge in [-0.15, -0.1) is 0 Å². The zero-order valence-corrected chi connectivity index (χ0v) is 31.2. The predicted octanol–water partition coefficient (Wildman–Crippen LogP) is 6.02. The van der Waals surface area contributed by atoms with E-state index < -0.39 is 95.1 Å². The Kier molecular flexibility index (Phi) is 13.9. The quantitative estimate of drug-likeness (QED) is 0.129. The zero-order valence-electron chi connectivity index (χ0n) is 31.2. The van der Waals surface area contributed by atoms with Crippen molar-refractivity contribution < 1.29 is 52.8 Å². The van der Waals surface area contributed by atoms with Gasteiger partial charge in [0.25, 0.3) is 0 Å². The number of carbonyl (C=O) groups is 5. The molecule has 11 atom stereocenters. The topological polar surface area (TPSA) is 152 Å². The molecule has 3 rings (SSSR count). The van der Waals surface area contributed by atoms with Crippen LogP contribution in [0.25, 0.3) is 0 Å². The van der Waals surface area contributed by atoms with Gasteiger partial charge in [0, 0.05) is 49.4 Å². The Hall–Kier alpha value is -2.95. The summed E-state index contributed by atoms with van der Waals surface area (Å²) < 4.78 is 31.0. The molecule has 3 aliphatic rings. The molecule has 0 radical (unpaired) electrons. The second-order valence-corrected chi connectivity index (χ2v) is 15.1. The Morgan fingerprint density at radius 2 is 1.22 bits per heavy atom. The van der Waals surface area contributed by atoms with Crippen LogP contribution >= 0.6 is 0 Å². The summed E-state index contributed by atoms with van der Waals surface area (Å²) in [7, 11) is 0. The average molecular weight is 693 g/mol. The first-order valence-corrected chi connectivity index (χ1v) is 18.3. The zero-order chi connectivity index (χ0) is 36.8.